The van der Waals surface area contributed by atoms with E-state index in [-0.39, 0.29) is 30.2 Å². The van der Waals surface area contributed by atoms with Crippen molar-refractivity contribution >= 4 is 23.4 Å². The molecule has 2 N–H and O–H groups in total. The zero-order valence-electron chi connectivity index (χ0n) is 17.7. The first-order valence-electron chi connectivity index (χ1n) is 10.1. The number of carbonyl (C=O) groups is 3. The van der Waals surface area contributed by atoms with Gasteiger partial charge in [-0.3, -0.25) is 14.4 Å². The highest BCUT2D eigenvalue weighted by molar-refractivity contribution is 5.97. The molecule has 0 aliphatic carbocycles. The molecule has 1 aliphatic heterocycles. The van der Waals surface area contributed by atoms with Crippen LogP contribution in [0.15, 0.2) is 48.5 Å². The number of hydrogen-bond acceptors (Lipinski definition) is 5. The van der Waals surface area contributed by atoms with E-state index in [9.17, 15) is 14.4 Å². The number of para-hydroxylation sites is 1. The maximum absolute atomic E-state index is 12.5. The van der Waals surface area contributed by atoms with Crippen LogP contribution in [0.4, 0.5) is 5.69 Å². The average Bonchev–Trinajstić information content (AvgIpc) is 2.82. The van der Waals surface area contributed by atoms with Crippen LogP contribution in [0.1, 0.15) is 23.2 Å². The third kappa shape index (κ3) is 5.97. The molecule has 0 atom stereocenters. The minimum Gasteiger partial charge on any atom is -0.497 e. The first kappa shape index (κ1) is 22.1. The minimum absolute atomic E-state index is 0.0291. The monoisotopic (exact) mass is 425 g/mol. The lowest BCUT2D eigenvalue weighted by Crippen LogP contribution is -2.45. The van der Waals surface area contributed by atoms with Crippen LogP contribution in [0.25, 0.3) is 0 Å². The predicted molar refractivity (Wildman–Crippen MR) is 116 cm³/mol. The van der Waals surface area contributed by atoms with Gasteiger partial charge in [0.1, 0.15) is 11.5 Å². The zero-order chi connectivity index (χ0) is 22.2. The summed E-state index contributed by atoms with van der Waals surface area (Å²) in [5, 5.41) is 5.56. The van der Waals surface area contributed by atoms with Gasteiger partial charge in [-0.15, -0.1) is 0 Å². The predicted octanol–water partition coefficient (Wildman–Crippen LogP) is 2.31. The molecule has 2 aromatic carbocycles. The second-order valence-electron chi connectivity index (χ2n) is 7.29. The second kappa shape index (κ2) is 10.5. The topological polar surface area (TPSA) is 97.0 Å². The van der Waals surface area contributed by atoms with Gasteiger partial charge in [0, 0.05) is 36.3 Å². The van der Waals surface area contributed by atoms with E-state index in [1.54, 1.807) is 23.1 Å². The lowest BCUT2D eigenvalue weighted by atomic mass is 9.95. The Kier molecular flexibility index (Phi) is 7.48. The number of likely N-dealkylation sites (tertiary alicyclic amines) is 1. The third-order valence-corrected chi connectivity index (χ3v) is 5.27. The maximum atomic E-state index is 12.5. The number of rotatable bonds is 7. The van der Waals surface area contributed by atoms with Gasteiger partial charge in [0.2, 0.25) is 11.8 Å². The quantitative estimate of drug-likeness (QED) is 0.710. The lowest BCUT2D eigenvalue weighted by Gasteiger charge is -2.31. The van der Waals surface area contributed by atoms with Gasteiger partial charge >= 0.3 is 0 Å². The highest BCUT2D eigenvalue weighted by Crippen LogP contribution is 2.23. The Hall–Kier alpha value is -3.55. The summed E-state index contributed by atoms with van der Waals surface area (Å²) < 4.78 is 10.3. The number of nitrogens with zero attached hydrogens (tertiary/aromatic N) is 1. The molecule has 2 aromatic rings. The molecular weight excluding hydrogens is 398 g/mol. The fourth-order valence-corrected chi connectivity index (χ4v) is 3.47. The Balaban J connectivity index is 1.47. The largest absolute Gasteiger partial charge is 0.497 e. The minimum atomic E-state index is -0.386. The van der Waals surface area contributed by atoms with Crippen LogP contribution >= 0.6 is 0 Å². The van der Waals surface area contributed by atoms with Crippen LogP contribution < -0.4 is 20.1 Å². The molecule has 1 aliphatic rings. The van der Waals surface area contributed by atoms with Crippen molar-refractivity contribution in [3.63, 3.8) is 0 Å². The van der Waals surface area contributed by atoms with Gasteiger partial charge in [0.15, 0.2) is 0 Å². The number of methoxy groups -OCH3 is 2. The molecule has 1 saturated heterocycles. The van der Waals surface area contributed by atoms with Crippen LogP contribution in [-0.4, -0.2) is 56.5 Å². The summed E-state index contributed by atoms with van der Waals surface area (Å²) >= 11 is 0. The van der Waals surface area contributed by atoms with Gasteiger partial charge in [-0.25, -0.2) is 0 Å². The van der Waals surface area contributed by atoms with Crippen molar-refractivity contribution in [1.82, 2.24) is 10.2 Å². The van der Waals surface area contributed by atoms with E-state index >= 15 is 0 Å². The molecule has 0 saturated carbocycles. The van der Waals surface area contributed by atoms with E-state index in [0.717, 1.165) is 5.69 Å². The molecule has 0 spiro atoms. The Bertz CT molecular complexity index is 902. The van der Waals surface area contributed by atoms with Crippen LogP contribution in [-0.2, 0) is 9.59 Å². The Morgan fingerprint density at radius 1 is 0.968 bits per heavy atom. The molecule has 8 heteroatoms. The van der Waals surface area contributed by atoms with Crippen molar-refractivity contribution in [3.8, 4) is 11.5 Å². The Labute approximate surface area is 181 Å². The fraction of sp³-hybridized carbons (Fsp3) is 0.348. The molecule has 0 bridgehead atoms. The number of amides is 3. The molecule has 0 unspecified atom stereocenters. The fourth-order valence-electron chi connectivity index (χ4n) is 3.47. The van der Waals surface area contributed by atoms with E-state index < -0.39 is 0 Å². The number of anilines is 1. The van der Waals surface area contributed by atoms with Crippen LogP contribution in [0.2, 0.25) is 0 Å². The Morgan fingerprint density at radius 3 is 2.16 bits per heavy atom. The first-order chi connectivity index (χ1) is 15.0. The highest BCUT2D eigenvalue weighted by Gasteiger charge is 2.27. The molecule has 31 heavy (non-hydrogen) atoms. The van der Waals surface area contributed by atoms with Crippen molar-refractivity contribution in [1.29, 1.82) is 0 Å². The number of nitrogens with one attached hydrogen (secondary N) is 2. The van der Waals surface area contributed by atoms with Crippen molar-refractivity contribution in [2.75, 3.05) is 39.2 Å². The average molecular weight is 425 g/mol. The lowest BCUT2D eigenvalue weighted by molar-refractivity contribution is -0.133. The van der Waals surface area contributed by atoms with Gasteiger partial charge in [0.05, 0.1) is 20.8 Å². The SMILES string of the molecule is COc1cc(OC)cc(C(=O)NCC(=O)N2CCC(C(=O)Nc3ccccc3)CC2)c1. The van der Waals surface area contributed by atoms with Crippen molar-refractivity contribution in [2.24, 2.45) is 5.92 Å². The number of piperidine rings is 1. The van der Waals surface area contributed by atoms with E-state index in [1.165, 1.54) is 14.2 Å². The molecule has 1 heterocycles. The summed E-state index contributed by atoms with van der Waals surface area (Å²) in [6.45, 7) is 0.850. The smallest absolute Gasteiger partial charge is 0.251 e. The van der Waals surface area contributed by atoms with E-state index in [2.05, 4.69) is 10.6 Å². The number of hydrogen-bond donors (Lipinski definition) is 2. The van der Waals surface area contributed by atoms with Crippen molar-refractivity contribution in [2.45, 2.75) is 12.8 Å². The van der Waals surface area contributed by atoms with E-state index in [4.69, 9.17) is 9.47 Å². The van der Waals surface area contributed by atoms with Gasteiger partial charge in [-0.1, -0.05) is 18.2 Å². The van der Waals surface area contributed by atoms with Gasteiger partial charge < -0.3 is 25.0 Å². The molecule has 0 aromatic heterocycles. The summed E-state index contributed by atoms with van der Waals surface area (Å²) in [6.07, 6.45) is 1.18. The van der Waals surface area contributed by atoms with Gasteiger partial charge in [0.25, 0.3) is 5.91 Å². The normalized spacial score (nSPS) is 13.9. The second-order valence-corrected chi connectivity index (χ2v) is 7.29. The van der Waals surface area contributed by atoms with Crippen molar-refractivity contribution < 1.29 is 23.9 Å². The highest BCUT2D eigenvalue weighted by atomic mass is 16.5. The summed E-state index contributed by atoms with van der Waals surface area (Å²) in [6, 6.07) is 14.1. The molecule has 1 fully saturated rings. The maximum Gasteiger partial charge on any atom is 0.251 e. The van der Waals surface area contributed by atoms with Crippen LogP contribution in [0, 0.1) is 5.92 Å². The summed E-state index contributed by atoms with van der Waals surface area (Å²) in [5.41, 5.74) is 1.11. The Morgan fingerprint density at radius 2 is 1.58 bits per heavy atom. The standard InChI is InChI=1S/C23H27N3O5/c1-30-19-12-17(13-20(14-19)31-2)22(28)24-15-21(27)26-10-8-16(9-11-26)23(29)25-18-6-4-3-5-7-18/h3-7,12-14,16H,8-11,15H2,1-2H3,(H,24,28)(H,25,29). The zero-order valence-corrected chi connectivity index (χ0v) is 17.7. The van der Waals surface area contributed by atoms with Gasteiger partial charge in [-0.2, -0.15) is 0 Å². The van der Waals surface area contributed by atoms with E-state index in [1.807, 2.05) is 30.3 Å². The molecule has 8 nitrogen and oxygen atoms in total. The van der Waals surface area contributed by atoms with Crippen LogP contribution in [0.3, 0.4) is 0 Å². The summed E-state index contributed by atoms with van der Waals surface area (Å²) in [7, 11) is 3.01. The molecular formula is C23H27N3O5. The molecule has 0 radical (unpaired) electrons. The third-order valence-electron chi connectivity index (χ3n) is 5.27. The van der Waals surface area contributed by atoms with Crippen LogP contribution in [0.5, 0.6) is 11.5 Å². The molecule has 3 rings (SSSR count). The van der Waals surface area contributed by atoms with Gasteiger partial charge in [-0.05, 0) is 37.1 Å². The van der Waals surface area contributed by atoms with E-state index in [0.29, 0.717) is 43.0 Å². The number of ether oxygens (including phenoxy) is 2. The summed E-state index contributed by atoms with van der Waals surface area (Å²) in [4.78, 5) is 39.1. The number of benzene rings is 2. The molecule has 164 valence electrons. The first-order valence-corrected chi connectivity index (χ1v) is 10.1. The van der Waals surface area contributed by atoms with Crippen molar-refractivity contribution in [3.05, 3.63) is 54.1 Å². The molecule has 3 amide bonds. The summed E-state index contributed by atoms with van der Waals surface area (Å²) in [5.74, 6) is 0.257. The number of carbonyl (C=O) groups excluding carboxylic acids is 3.